The van der Waals surface area contributed by atoms with Gasteiger partial charge in [0.1, 0.15) is 6.23 Å². The molecule has 5 nitrogen and oxygen atoms in total. The lowest BCUT2D eigenvalue weighted by atomic mass is 10.0. The molecular formula is C17H29N3O2. The molecule has 2 N–H and O–H groups in total. The van der Waals surface area contributed by atoms with Crippen LogP contribution in [0.5, 0.6) is 0 Å². The van der Waals surface area contributed by atoms with Crippen LogP contribution >= 0.6 is 0 Å². The van der Waals surface area contributed by atoms with Gasteiger partial charge in [-0.3, -0.25) is 4.90 Å². The van der Waals surface area contributed by atoms with Crippen LogP contribution in [-0.4, -0.2) is 54.1 Å². The molecule has 1 heterocycles. The molecule has 124 valence electrons. The highest BCUT2D eigenvalue weighted by Gasteiger charge is 2.42. The lowest BCUT2D eigenvalue weighted by Gasteiger charge is -2.27. The van der Waals surface area contributed by atoms with Gasteiger partial charge in [0, 0.05) is 25.7 Å². The Hall–Kier alpha value is -0.670. The zero-order valence-electron chi connectivity index (χ0n) is 13.6. The van der Waals surface area contributed by atoms with E-state index in [9.17, 15) is 5.11 Å². The van der Waals surface area contributed by atoms with Crippen LogP contribution in [0.3, 0.4) is 0 Å². The fraction of sp³-hybridized carbons (Fsp3) is 0.941. The highest BCUT2D eigenvalue weighted by molar-refractivity contribution is 4.98. The van der Waals surface area contributed by atoms with E-state index in [-0.39, 0.29) is 6.04 Å². The third-order valence-corrected chi connectivity index (χ3v) is 5.79. The van der Waals surface area contributed by atoms with Crippen molar-refractivity contribution in [2.24, 2.45) is 11.8 Å². The maximum absolute atomic E-state index is 10.3. The second-order valence-corrected chi connectivity index (χ2v) is 7.15. The molecule has 0 aromatic carbocycles. The molecule has 0 spiro atoms. The van der Waals surface area contributed by atoms with Crippen molar-refractivity contribution >= 4 is 0 Å². The molecule has 0 amide bonds. The molecule has 6 atom stereocenters. The van der Waals surface area contributed by atoms with Gasteiger partial charge in [0.2, 0.25) is 0 Å². The van der Waals surface area contributed by atoms with Crippen LogP contribution in [0.25, 0.3) is 0 Å². The van der Waals surface area contributed by atoms with Gasteiger partial charge < -0.3 is 15.2 Å². The highest BCUT2D eigenvalue weighted by atomic mass is 16.5. The predicted octanol–water partition coefficient (Wildman–Crippen LogP) is 1.48. The number of fused-ring (bicyclic) bond motifs is 1. The topological polar surface area (TPSA) is 68.5 Å². The van der Waals surface area contributed by atoms with Gasteiger partial charge in [-0.25, -0.2) is 0 Å². The Kier molecular flexibility index (Phi) is 5.35. The van der Waals surface area contributed by atoms with E-state index < -0.39 is 6.23 Å². The molecule has 1 saturated heterocycles. The van der Waals surface area contributed by atoms with Crippen LogP contribution in [0.1, 0.15) is 45.4 Å². The molecule has 3 fully saturated rings. The van der Waals surface area contributed by atoms with Gasteiger partial charge in [0.15, 0.2) is 0 Å². The smallest absolute Gasteiger partial charge is 0.121 e. The minimum absolute atomic E-state index is 0.105. The van der Waals surface area contributed by atoms with Crippen molar-refractivity contribution in [1.29, 1.82) is 5.26 Å². The second-order valence-electron chi connectivity index (χ2n) is 7.15. The number of hydrogen-bond donors (Lipinski definition) is 2. The van der Waals surface area contributed by atoms with Crippen LogP contribution < -0.4 is 5.32 Å². The normalized spacial score (nSPS) is 39.8. The van der Waals surface area contributed by atoms with E-state index in [0.717, 1.165) is 37.8 Å². The number of nitrogens with zero attached hydrogens (tertiary/aromatic N) is 2. The molecule has 1 aliphatic heterocycles. The maximum Gasteiger partial charge on any atom is 0.121 e. The first-order valence-electron chi connectivity index (χ1n) is 8.89. The zero-order chi connectivity index (χ0) is 15.5. The van der Waals surface area contributed by atoms with Crippen LogP contribution in [0.2, 0.25) is 0 Å². The summed E-state index contributed by atoms with van der Waals surface area (Å²) in [6.45, 7) is 4.32. The number of ether oxygens (including phenoxy) is 1. The number of likely N-dealkylation sites (tertiary alicyclic amines) is 1. The Morgan fingerprint density at radius 1 is 1.32 bits per heavy atom. The van der Waals surface area contributed by atoms with Crippen LogP contribution in [0.15, 0.2) is 0 Å². The number of hydrogen-bond acceptors (Lipinski definition) is 5. The van der Waals surface area contributed by atoms with E-state index in [0.29, 0.717) is 18.7 Å². The van der Waals surface area contributed by atoms with Gasteiger partial charge in [-0.05, 0) is 57.3 Å². The molecule has 3 aliphatic rings. The Morgan fingerprint density at radius 3 is 2.68 bits per heavy atom. The lowest BCUT2D eigenvalue weighted by molar-refractivity contribution is 0.00563. The first kappa shape index (κ1) is 16.2. The number of nitrogens with one attached hydrogen (secondary N) is 1. The van der Waals surface area contributed by atoms with E-state index in [1.54, 1.807) is 0 Å². The maximum atomic E-state index is 10.3. The van der Waals surface area contributed by atoms with Crippen molar-refractivity contribution < 1.29 is 9.84 Å². The first-order valence-corrected chi connectivity index (χ1v) is 8.89. The van der Waals surface area contributed by atoms with Gasteiger partial charge in [0.25, 0.3) is 0 Å². The van der Waals surface area contributed by atoms with Crippen LogP contribution in [-0.2, 0) is 4.74 Å². The third-order valence-electron chi connectivity index (χ3n) is 5.79. The van der Waals surface area contributed by atoms with Gasteiger partial charge in [-0.1, -0.05) is 0 Å². The Bertz CT molecular complexity index is 397. The SMILES string of the molecule is CCOC1C[C@H]2CC(NCC(O)N3CCC[C@H]3C#N)C[C@H]2C1. The van der Waals surface area contributed by atoms with Crippen LogP contribution in [0, 0.1) is 23.2 Å². The van der Waals surface area contributed by atoms with Crippen molar-refractivity contribution in [3.05, 3.63) is 0 Å². The molecule has 3 rings (SSSR count). The van der Waals surface area contributed by atoms with Crippen LogP contribution in [0.4, 0.5) is 0 Å². The highest BCUT2D eigenvalue weighted by Crippen LogP contribution is 2.45. The van der Waals surface area contributed by atoms with E-state index in [2.05, 4.69) is 18.3 Å². The largest absolute Gasteiger partial charge is 0.378 e. The Balaban J connectivity index is 1.40. The summed E-state index contributed by atoms with van der Waals surface area (Å²) >= 11 is 0. The summed E-state index contributed by atoms with van der Waals surface area (Å²) < 4.78 is 5.77. The molecule has 2 saturated carbocycles. The zero-order valence-corrected chi connectivity index (χ0v) is 13.6. The van der Waals surface area contributed by atoms with E-state index in [1.807, 2.05) is 4.90 Å². The summed E-state index contributed by atoms with van der Waals surface area (Å²) in [5.74, 6) is 1.59. The minimum Gasteiger partial charge on any atom is -0.378 e. The average molecular weight is 307 g/mol. The summed E-state index contributed by atoms with van der Waals surface area (Å²) in [6, 6.07) is 2.71. The summed E-state index contributed by atoms with van der Waals surface area (Å²) in [6.07, 6.45) is 6.70. The van der Waals surface area contributed by atoms with E-state index in [1.165, 1.54) is 25.7 Å². The molecule has 0 radical (unpaired) electrons. The van der Waals surface area contributed by atoms with Gasteiger partial charge in [0.05, 0.1) is 18.2 Å². The molecule has 3 unspecified atom stereocenters. The van der Waals surface area contributed by atoms with Gasteiger partial charge in [-0.15, -0.1) is 0 Å². The van der Waals surface area contributed by atoms with Crippen molar-refractivity contribution in [1.82, 2.24) is 10.2 Å². The standard InChI is InChI=1S/C17H29N3O2/c1-2-22-16-8-12-6-14(7-13(12)9-16)19-11-17(21)20-5-3-4-15(20)10-18/h12-17,19,21H,2-9,11H2,1H3/t12-,13+,14?,15-,16?,17?/m0/s1. The second kappa shape index (κ2) is 7.27. The van der Waals surface area contributed by atoms with Crippen molar-refractivity contribution in [2.75, 3.05) is 19.7 Å². The lowest BCUT2D eigenvalue weighted by Crippen LogP contribution is -2.46. The number of aliphatic hydroxyl groups is 1. The first-order chi connectivity index (χ1) is 10.7. The number of aliphatic hydroxyl groups excluding tert-OH is 1. The summed E-state index contributed by atoms with van der Waals surface area (Å²) in [5.41, 5.74) is 0. The number of rotatable bonds is 6. The van der Waals surface area contributed by atoms with Gasteiger partial charge in [-0.2, -0.15) is 5.26 Å². The summed E-state index contributed by atoms with van der Waals surface area (Å²) in [7, 11) is 0. The third kappa shape index (κ3) is 3.46. The molecular weight excluding hydrogens is 278 g/mol. The molecule has 5 heteroatoms. The predicted molar refractivity (Wildman–Crippen MR) is 84.0 cm³/mol. The van der Waals surface area contributed by atoms with Crippen molar-refractivity contribution in [3.8, 4) is 6.07 Å². The fourth-order valence-corrected chi connectivity index (χ4v) is 4.77. The minimum atomic E-state index is -0.524. The molecule has 2 aliphatic carbocycles. The average Bonchev–Trinajstić information content (AvgIpc) is 3.18. The quantitative estimate of drug-likeness (QED) is 0.778. The Morgan fingerprint density at radius 2 is 2.05 bits per heavy atom. The van der Waals surface area contributed by atoms with Crippen molar-refractivity contribution in [2.45, 2.75) is 69.9 Å². The van der Waals surface area contributed by atoms with E-state index in [4.69, 9.17) is 10.00 Å². The monoisotopic (exact) mass is 307 g/mol. The molecule has 0 bridgehead atoms. The summed E-state index contributed by atoms with van der Waals surface area (Å²) in [4.78, 5) is 1.94. The Labute approximate surface area is 133 Å². The van der Waals surface area contributed by atoms with Crippen molar-refractivity contribution in [3.63, 3.8) is 0 Å². The fourth-order valence-electron chi connectivity index (χ4n) is 4.77. The molecule has 0 aromatic rings. The van der Waals surface area contributed by atoms with Gasteiger partial charge >= 0.3 is 0 Å². The molecule has 0 aromatic heterocycles. The number of nitriles is 1. The van der Waals surface area contributed by atoms with E-state index >= 15 is 0 Å². The molecule has 22 heavy (non-hydrogen) atoms. The summed E-state index contributed by atoms with van der Waals surface area (Å²) in [5, 5.41) is 23.0.